The molecule has 1 aromatic rings. The molecule has 0 fully saturated rings. The van der Waals surface area contributed by atoms with Gasteiger partial charge in [-0.1, -0.05) is 0 Å². The van der Waals surface area contributed by atoms with Crippen molar-refractivity contribution < 1.29 is 9.66 Å². The van der Waals surface area contributed by atoms with E-state index in [-0.39, 0.29) is 10.8 Å². The van der Waals surface area contributed by atoms with Crippen molar-refractivity contribution in [2.75, 3.05) is 7.11 Å². The minimum atomic E-state index is -0.502. The van der Waals surface area contributed by atoms with E-state index in [2.05, 4.69) is 22.7 Å². The summed E-state index contributed by atoms with van der Waals surface area (Å²) in [6, 6.07) is 4.17. The fraction of sp³-hybridized carbons (Fsp3) is 0.111. The third-order valence-corrected chi connectivity index (χ3v) is 1.89. The number of thiocarbonyl (C=S) groups is 1. The number of nitrogens with zero attached hydrogens (tertiary/aromatic N) is 2. The summed E-state index contributed by atoms with van der Waals surface area (Å²) < 4.78 is 5.03. The second kappa shape index (κ2) is 5.75. The van der Waals surface area contributed by atoms with Gasteiger partial charge in [0.1, 0.15) is 5.75 Å². The van der Waals surface area contributed by atoms with Gasteiger partial charge in [-0.2, -0.15) is 5.10 Å². The molecule has 0 unspecified atom stereocenters. The molecule has 1 rings (SSSR count). The van der Waals surface area contributed by atoms with Gasteiger partial charge in [-0.3, -0.25) is 15.5 Å². The lowest BCUT2D eigenvalue weighted by molar-refractivity contribution is -0.384. The Kier molecular flexibility index (Phi) is 4.35. The van der Waals surface area contributed by atoms with Crippen molar-refractivity contribution in [1.29, 1.82) is 0 Å². The molecule has 17 heavy (non-hydrogen) atoms. The minimum Gasteiger partial charge on any atom is -0.496 e. The first-order valence-corrected chi connectivity index (χ1v) is 4.86. The maximum atomic E-state index is 10.6. The molecule has 0 spiro atoms. The first-order valence-electron chi connectivity index (χ1n) is 4.45. The van der Waals surface area contributed by atoms with Crippen LogP contribution in [0.4, 0.5) is 5.69 Å². The van der Waals surface area contributed by atoms with Gasteiger partial charge in [0.05, 0.1) is 18.2 Å². The van der Waals surface area contributed by atoms with Crippen molar-refractivity contribution >= 4 is 29.2 Å². The Bertz CT molecular complexity index is 475. The Morgan fingerprint density at radius 2 is 2.41 bits per heavy atom. The maximum Gasteiger partial charge on any atom is 0.270 e. The van der Waals surface area contributed by atoms with Crippen LogP contribution < -0.4 is 15.9 Å². The van der Waals surface area contributed by atoms with Crippen LogP contribution in [0.3, 0.4) is 0 Å². The molecule has 0 atom stereocenters. The van der Waals surface area contributed by atoms with E-state index < -0.39 is 4.92 Å². The van der Waals surface area contributed by atoms with Crippen molar-refractivity contribution in [3.8, 4) is 5.75 Å². The molecule has 0 radical (unpaired) electrons. The number of rotatable bonds is 4. The summed E-state index contributed by atoms with van der Waals surface area (Å²) in [6.07, 6.45) is 1.34. The summed E-state index contributed by atoms with van der Waals surface area (Å²) in [7, 11) is 1.46. The predicted molar refractivity (Wildman–Crippen MR) is 67.2 cm³/mol. The smallest absolute Gasteiger partial charge is 0.270 e. The zero-order valence-electron chi connectivity index (χ0n) is 8.91. The van der Waals surface area contributed by atoms with Crippen LogP contribution >= 0.6 is 12.2 Å². The molecule has 0 heterocycles. The predicted octanol–water partition coefficient (Wildman–Crippen LogP) is 0.770. The lowest BCUT2D eigenvalue weighted by atomic mass is 10.2. The van der Waals surface area contributed by atoms with Gasteiger partial charge in [-0.15, -0.1) is 0 Å². The number of benzene rings is 1. The average molecular weight is 254 g/mol. The first kappa shape index (κ1) is 12.8. The highest BCUT2D eigenvalue weighted by atomic mass is 32.1. The molecule has 0 bridgehead atoms. The van der Waals surface area contributed by atoms with Crippen LogP contribution in [-0.4, -0.2) is 23.4 Å². The van der Waals surface area contributed by atoms with Crippen LogP contribution in [0.1, 0.15) is 5.56 Å². The molecule has 0 saturated carbocycles. The molecular weight excluding hydrogens is 244 g/mol. The fourth-order valence-electron chi connectivity index (χ4n) is 1.10. The van der Waals surface area contributed by atoms with Gasteiger partial charge < -0.3 is 10.5 Å². The van der Waals surface area contributed by atoms with Gasteiger partial charge in [-0.05, 0) is 18.3 Å². The summed E-state index contributed by atoms with van der Waals surface area (Å²) in [5.41, 5.74) is 7.92. The highest BCUT2D eigenvalue weighted by Crippen LogP contribution is 2.22. The van der Waals surface area contributed by atoms with Gasteiger partial charge in [0.25, 0.3) is 5.69 Å². The molecule has 3 N–H and O–H groups in total. The number of nitrogens with two attached hydrogens (primary N) is 1. The van der Waals surface area contributed by atoms with E-state index in [0.29, 0.717) is 11.3 Å². The number of nitro benzene ring substituents is 1. The van der Waals surface area contributed by atoms with Gasteiger partial charge in [0, 0.05) is 17.7 Å². The van der Waals surface area contributed by atoms with E-state index in [0.717, 1.165) is 0 Å². The van der Waals surface area contributed by atoms with Crippen molar-refractivity contribution in [3.63, 3.8) is 0 Å². The average Bonchev–Trinajstić information content (AvgIpc) is 2.28. The Morgan fingerprint density at radius 3 is 2.94 bits per heavy atom. The van der Waals surface area contributed by atoms with E-state index in [1.807, 2.05) is 0 Å². The summed E-state index contributed by atoms with van der Waals surface area (Å²) in [5.74, 6) is 0.462. The van der Waals surface area contributed by atoms with E-state index in [9.17, 15) is 10.1 Å². The van der Waals surface area contributed by atoms with Crippen LogP contribution in [0, 0.1) is 10.1 Å². The number of nitrogens with one attached hydrogen (secondary N) is 1. The van der Waals surface area contributed by atoms with Crippen molar-refractivity contribution in [1.82, 2.24) is 5.43 Å². The zero-order chi connectivity index (χ0) is 12.8. The second-order valence-electron chi connectivity index (χ2n) is 2.92. The molecule has 0 aliphatic rings. The SMILES string of the molecule is COc1ccc([N+](=O)[O-])cc1C=NNC(N)=S. The highest BCUT2D eigenvalue weighted by Gasteiger charge is 2.09. The van der Waals surface area contributed by atoms with E-state index in [1.54, 1.807) is 0 Å². The van der Waals surface area contributed by atoms with E-state index >= 15 is 0 Å². The van der Waals surface area contributed by atoms with Crippen LogP contribution in [0.5, 0.6) is 5.75 Å². The third-order valence-electron chi connectivity index (χ3n) is 1.80. The Labute approximate surface area is 102 Å². The number of non-ortho nitro benzene ring substituents is 1. The zero-order valence-corrected chi connectivity index (χ0v) is 9.73. The quantitative estimate of drug-likeness (QED) is 0.356. The normalized spacial score (nSPS) is 10.2. The largest absolute Gasteiger partial charge is 0.496 e. The van der Waals surface area contributed by atoms with Gasteiger partial charge in [-0.25, -0.2) is 0 Å². The number of hydrogen-bond acceptors (Lipinski definition) is 5. The molecule has 0 aliphatic heterocycles. The van der Waals surface area contributed by atoms with Gasteiger partial charge in [0.2, 0.25) is 0 Å². The van der Waals surface area contributed by atoms with Crippen molar-refractivity contribution in [2.45, 2.75) is 0 Å². The number of nitro groups is 1. The number of hydrazone groups is 1. The lowest BCUT2D eigenvalue weighted by Crippen LogP contribution is -2.24. The topological polar surface area (TPSA) is 103 Å². The van der Waals surface area contributed by atoms with Crippen LogP contribution in [0.15, 0.2) is 23.3 Å². The molecular formula is C9H10N4O3S. The third kappa shape index (κ3) is 3.68. The molecule has 0 aromatic heterocycles. The molecule has 0 saturated heterocycles. The second-order valence-corrected chi connectivity index (χ2v) is 3.36. The number of methoxy groups -OCH3 is 1. The molecule has 90 valence electrons. The van der Waals surface area contributed by atoms with E-state index in [4.69, 9.17) is 10.5 Å². The lowest BCUT2D eigenvalue weighted by Gasteiger charge is -2.03. The summed E-state index contributed by atoms with van der Waals surface area (Å²) in [4.78, 5) is 10.1. The first-order chi connectivity index (χ1) is 8.04. The molecule has 8 heteroatoms. The Balaban J connectivity index is 3.01. The molecule has 7 nitrogen and oxygen atoms in total. The van der Waals surface area contributed by atoms with Gasteiger partial charge >= 0.3 is 0 Å². The molecule has 0 aliphatic carbocycles. The summed E-state index contributed by atoms with van der Waals surface area (Å²) >= 11 is 4.55. The van der Waals surface area contributed by atoms with Gasteiger partial charge in [0.15, 0.2) is 5.11 Å². The van der Waals surface area contributed by atoms with Crippen LogP contribution in [-0.2, 0) is 0 Å². The minimum absolute atomic E-state index is 0.00523. The van der Waals surface area contributed by atoms with Crippen LogP contribution in [0.2, 0.25) is 0 Å². The van der Waals surface area contributed by atoms with Crippen molar-refractivity contribution in [3.05, 3.63) is 33.9 Å². The number of hydrogen-bond donors (Lipinski definition) is 2. The standard InChI is InChI=1S/C9H10N4O3S/c1-16-8-3-2-7(13(14)15)4-6(8)5-11-12-9(10)17/h2-5H,1H3,(H3,10,12,17). The number of ether oxygens (including phenoxy) is 1. The summed E-state index contributed by atoms with van der Waals surface area (Å²) in [6.45, 7) is 0. The monoisotopic (exact) mass is 254 g/mol. The fourth-order valence-corrected chi connectivity index (χ4v) is 1.15. The van der Waals surface area contributed by atoms with E-state index in [1.165, 1.54) is 31.5 Å². The highest BCUT2D eigenvalue weighted by molar-refractivity contribution is 7.80. The van der Waals surface area contributed by atoms with Crippen molar-refractivity contribution in [2.24, 2.45) is 10.8 Å². The Morgan fingerprint density at radius 1 is 1.71 bits per heavy atom. The molecule has 1 aromatic carbocycles. The maximum absolute atomic E-state index is 10.6. The molecule has 0 amide bonds. The summed E-state index contributed by atoms with van der Waals surface area (Å²) in [5, 5.41) is 14.3. The van der Waals surface area contributed by atoms with Crippen LogP contribution in [0.25, 0.3) is 0 Å². The Hall–Kier alpha value is -2.22.